The largest absolute Gasteiger partial charge is 0.507 e. The molecular formula is C15H27BN2O3S. The van der Waals surface area contributed by atoms with Gasteiger partial charge in [0.05, 0.1) is 29.2 Å². The molecule has 5 nitrogen and oxygen atoms in total. The van der Waals surface area contributed by atoms with Crippen molar-refractivity contribution in [3.8, 4) is 0 Å². The van der Waals surface area contributed by atoms with Crippen molar-refractivity contribution in [3.63, 3.8) is 0 Å². The molecule has 7 heteroatoms. The van der Waals surface area contributed by atoms with Crippen LogP contribution < -0.4 is 9.68 Å². The minimum absolute atomic E-state index is 0.305. The molecule has 2 saturated heterocycles. The maximum Gasteiger partial charge on any atom is 0.507 e. The minimum Gasteiger partial charge on any atom is -0.399 e. The third kappa shape index (κ3) is 3.48. The molecule has 0 unspecified atom stereocenters. The summed E-state index contributed by atoms with van der Waals surface area (Å²) < 4.78 is 18.5. The van der Waals surface area contributed by atoms with Gasteiger partial charge in [0, 0.05) is 19.3 Å². The molecule has 22 heavy (non-hydrogen) atoms. The van der Waals surface area contributed by atoms with Crippen LogP contribution in [-0.2, 0) is 14.0 Å². The third-order valence-corrected chi connectivity index (χ3v) is 5.36. The zero-order chi connectivity index (χ0) is 16.4. The molecule has 0 bridgehead atoms. The Morgan fingerprint density at radius 2 is 1.64 bits per heavy atom. The monoisotopic (exact) mass is 326 g/mol. The number of ether oxygens (including phenoxy) is 1. The number of morpholine rings is 1. The first kappa shape index (κ1) is 17.7. The molecule has 0 amide bonds. The fourth-order valence-corrected chi connectivity index (χ4v) is 3.17. The van der Waals surface area contributed by atoms with Crippen LogP contribution in [0.3, 0.4) is 0 Å². The van der Waals surface area contributed by atoms with Gasteiger partial charge in [0.15, 0.2) is 5.13 Å². The molecule has 0 saturated carbocycles. The normalized spacial score (nSPS) is 23.2. The number of anilines is 1. The van der Waals surface area contributed by atoms with Crippen molar-refractivity contribution in [1.82, 2.24) is 4.98 Å². The van der Waals surface area contributed by atoms with Crippen molar-refractivity contribution in [3.05, 3.63) is 6.20 Å². The third-order valence-electron chi connectivity index (χ3n) is 4.28. The summed E-state index contributed by atoms with van der Waals surface area (Å²) in [6, 6.07) is 0. The Labute approximate surface area is 138 Å². The van der Waals surface area contributed by atoms with Gasteiger partial charge >= 0.3 is 7.12 Å². The lowest BCUT2D eigenvalue weighted by molar-refractivity contribution is 0.00578. The summed E-state index contributed by atoms with van der Waals surface area (Å²) in [6.07, 6.45) is 1.87. The highest BCUT2D eigenvalue weighted by Crippen LogP contribution is 2.37. The number of nitrogens with zero attached hydrogens (tertiary/aromatic N) is 2. The van der Waals surface area contributed by atoms with Crippen LogP contribution in [-0.4, -0.2) is 49.6 Å². The summed E-state index contributed by atoms with van der Waals surface area (Å²) >= 11 is 1.65. The molecule has 0 radical (unpaired) electrons. The van der Waals surface area contributed by atoms with E-state index in [1.54, 1.807) is 11.3 Å². The Morgan fingerprint density at radius 3 is 2.18 bits per heavy atom. The molecule has 1 aromatic heterocycles. The van der Waals surface area contributed by atoms with Crippen molar-refractivity contribution >= 4 is 28.4 Å². The molecule has 3 heterocycles. The maximum atomic E-state index is 6.06. The highest BCUT2D eigenvalue weighted by Gasteiger charge is 2.52. The van der Waals surface area contributed by atoms with Crippen LogP contribution >= 0.6 is 11.3 Å². The second kappa shape index (κ2) is 6.87. The predicted molar refractivity (Wildman–Crippen MR) is 92.2 cm³/mol. The van der Waals surface area contributed by atoms with Gasteiger partial charge in [0.1, 0.15) is 0 Å². The van der Waals surface area contributed by atoms with Crippen molar-refractivity contribution < 1.29 is 14.0 Å². The molecule has 2 aliphatic heterocycles. The molecule has 0 N–H and O–H groups in total. The second-order valence-electron chi connectivity index (χ2n) is 6.23. The van der Waals surface area contributed by atoms with E-state index < -0.39 is 0 Å². The van der Waals surface area contributed by atoms with Gasteiger partial charge in [0.2, 0.25) is 0 Å². The fourth-order valence-electron chi connectivity index (χ4n) is 2.25. The molecule has 2 fully saturated rings. The van der Waals surface area contributed by atoms with Crippen LogP contribution in [0.5, 0.6) is 0 Å². The first-order valence-corrected chi connectivity index (χ1v) is 8.85. The van der Waals surface area contributed by atoms with Crippen LogP contribution in [0.25, 0.3) is 0 Å². The molecule has 1 aromatic rings. The average Bonchev–Trinajstić information content (AvgIpc) is 3.06. The van der Waals surface area contributed by atoms with E-state index in [-0.39, 0.29) is 18.3 Å². The van der Waals surface area contributed by atoms with Gasteiger partial charge in [-0.05, 0) is 27.7 Å². The van der Waals surface area contributed by atoms with E-state index in [0.29, 0.717) is 0 Å². The van der Waals surface area contributed by atoms with Crippen molar-refractivity contribution in [2.75, 3.05) is 31.2 Å². The van der Waals surface area contributed by atoms with Gasteiger partial charge < -0.3 is 18.9 Å². The van der Waals surface area contributed by atoms with E-state index in [9.17, 15) is 0 Å². The topological polar surface area (TPSA) is 43.8 Å². The maximum absolute atomic E-state index is 6.06. The zero-order valence-corrected chi connectivity index (χ0v) is 15.3. The van der Waals surface area contributed by atoms with E-state index in [1.165, 1.54) is 0 Å². The van der Waals surface area contributed by atoms with Crippen LogP contribution in [0.4, 0.5) is 5.13 Å². The molecule has 0 aliphatic carbocycles. The summed E-state index contributed by atoms with van der Waals surface area (Å²) in [6.45, 7) is 15.6. The van der Waals surface area contributed by atoms with Gasteiger partial charge in [-0.25, -0.2) is 4.98 Å². The van der Waals surface area contributed by atoms with Crippen LogP contribution in [0.2, 0.25) is 0 Å². The number of hydrogen-bond acceptors (Lipinski definition) is 6. The van der Waals surface area contributed by atoms with Crippen molar-refractivity contribution in [2.45, 2.75) is 52.7 Å². The SMILES string of the molecule is CC.CC1(C)OB(c2cnc(N3CCOCC3)s2)OC1(C)C. The Morgan fingerprint density at radius 1 is 1.09 bits per heavy atom. The molecule has 0 aromatic carbocycles. The predicted octanol–water partition coefficient (Wildman–Crippen LogP) is 2.31. The zero-order valence-electron chi connectivity index (χ0n) is 14.5. The Hall–Kier alpha value is -0.625. The van der Waals surface area contributed by atoms with E-state index in [0.717, 1.165) is 36.2 Å². The second-order valence-corrected chi connectivity index (χ2v) is 7.27. The van der Waals surface area contributed by atoms with Gasteiger partial charge in [0.25, 0.3) is 0 Å². The Balaban J connectivity index is 0.000000847. The summed E-state index contributed by atoms with van der Waals surface area (Å²) in [5.74, 6) is 0. The van der Waals surface area contributed by atoms with E-state index in [2.05, 4.69) is 37.6 Å². The van der Waals surface area contributed by atoms with Crippen LogP contribution in [0, 0.1) is 0 Å². The summed E-state index contributed by atoms with van der Waals surface area (Å²) in [4.78, 5) is 6.76. The first-order valence-electron chi connectivity index (χ1n) is 8.03. The summed E-state index contributed by atoms with van der Waals surface area (Å²) in [5, 5.41) is 1.03. The molecule has 3 rings (SSSR count). The Kier molecular flexibility index (Phi) is 5.53. The highest BCUT2D eigenvalue weighted by atomic mass is 32.1. The van der Waals surface area contributed by atoms with E-state index in [4.69, 9.17) is 14.0 Å². The van der Waals surface area contributed by atoms with Gasteiger partial charge in [-0.15, -0.1) is 11.3 Å². The number of thiazole rings is 1. The lowest BCUT2D eigenvalue weighted by Gasteiger charge is -2.32. The fraction of sp³-hybridized carbons (Fsp3) is 0.800. The molecule has 0 spiro atoms. The minimum atomic E-state index is -0.313. The lowest BCUT2D eigenvalue weighted by Crippen LogP contribution is -2.41. The quantitative estimate of drug-likeness (QED) is 0.781. The number of aromatic nitrogens is 1. The van der Waals surface area contributed by atoms with E-state index in [1.807, 2.05) is 20.0 Å². The first-order chi connectivity index (χ1) is 10.4. The number of rotatable bonds is 2. The van der Waals surface area contributed by atoms with Crippen LogP contribution in [0.1, 0.15) is 41.5 Å². The van der Waals surface area contributed by atoms with Gasteiger partial charge in [-0.1, -0.05) is 13.8 Å². The van der Waals surface area contributed by atoms with Crippen molar-refractivity contribution in [1.29, 1.82) is 0 Å². The van der Waals surface area contributed by atoms with Crippen molar-refractivity contribution in [2.24, 2.45) is 0 Å². The Bertz CT molecular complexity index is 471. The average molecular weight is 326 g/mol. The molecule has 0 atom stereocenters. The number of hydrogen-bond donors (Lipinski definition) is 0. The summed E-state index contributed by atoms with van der Waals surface area (Å²) in [5.41, 5.74) is -0.610. The lowest BCUT2D eigenvalue weighted by atomic mass is 9.89. The van der Waals surface area contributed by atoms with E-state index >= 15 is 0 Å². The van der Waals surface area contributed by atoms with Gasteiger partial charge in [-0.2, -0.15) is 0 Å². The van der Waals surface area contributed by atoms with Gasteiger partial charge in [-0.3, -0.25) is 0 Å². The van der Waals surface area contributed by atoms with Crippen LogP contribution in [0.15, 0.2) is 6.20 Å². The summed E-state index contributed by atoms with van der Waals surface area (Å²) in [7, 11) is -0.313. The molecular weight excluding hydrogens is 299 g/mol. The standard InChI is InChI=1S/C13H21BN2O3S.C2H6/c1-12(2)13(3,4)19-14(18-12)10-9-15-11(20-10)16-5-7-17-8-6-16;1-2/h9H,5-8H2,1-4H3;1-2H3. The molecule has 2 aliphatic rings. The molecule has 124 valence electrons. The smallest absolute Gasteiger partial charge is 0.399 e. The highest BCUT2D eigenvalue weighted by molar-refractivity contribution is 7.25.